The molecule has 3 rings (SSSR count). The number of anilines is 2. The van der Waals surface area contributed by atoms with Crippen LogP contribution in [0.5, 0.6) is 5.75 Å². The molecule has 1 N–H and O–H groups in total. The number of fused-ring (bicyclic) bond motifs is 1. The first-order valence-electron chi connectivity index (χ1n) is 7.88. The van der Waals surface area contributed by atoms with Crippen molar-refractivity contribution in [1.29, 1.82) is 0 Å². The molecule has 6 nitrogen and oxygen atoms in total. The summed E-state index contributed by atoms with van der Waals surface area (Å²) >= 11 is 0. The quantitative estimate of drug-likeness (QED) is 0.912. The number of amides is 1. The molecule has 0 aromatic heterocycles. The maximum Gasteiger partial charge on any atom is 0.267 e. The van der Waals surface area contributed by atoms with E-state index in [0.717, 1.165) is 17.4 Å². The second-order valence-electron chi connectivity index (χ2n) is 6.11. The first-order chi connectivity index (χ1) is 11.8. The summed E-state index contributed by atoms with van der Waals surface area (Å²) in [6, 6.07) is 12.4. The first-order valence-corrected chi connectivity index (χ1v) is 9.72. The zero-order valence-electron chi connectivity index (χ0n) is 14.3. The van der Waals surface area contributed by atoms with E-state index in [4.69, 9.17) is 4.74 Å². The number of nitrogens with one attached hydrogen (secondary N) is 1. The number of sulfonamides is 1. The van der Waals surface area contributed by atoms with Crippen molar-refractivity contribution in [3.8, 4) is 5.75 Å². The number of hydrogen-bond donors (Lipinski definition) is 1. The number of nitrogens with zero attached hydrogens (tertiary/aromatic N) is 1. The van der Waals surface area contributed by atoms with E-state index in [-0.39, 0.29) is 12.5 Å². The fraction of sp³-hybridized carbons (Fsp3) is 0.278. The molecule has 1 atom stereocenters. The van der Waals surface area contributed by atoms with Gasteiger partial charge in [-0.1, -0.05) is 24.3 Å². The molecule has 2 aromatic carbocycles. The maximum absolute atomic E-state index is 12.7. The number of carbonyl (C=O) groups excluding carboxylic acids is 1. The van der Waals surface area contributed by atoms with Gasteiger partial charge in [0.2, 0.25) is 10.0 Å². The van der Waals surface area contributed by atoms with Crippen LogP contribution in [0.25, 0.3) is 0 Å². The third-order valence-electron chi connectivity index (χ3n) is 4.29. The molecular weight excluding hydrogens is 340 g/mol. The lowest BCUT2D eigenvalue weighted by atomic mass is 10.1. The molecule has 132 valence electrons. The molecule has 0 fully saturated rings. The Hall–Kier alpha value is -2.54. The molecule has 0 bridgehead atoms. The van der Waals surface area contributed by atoms with Crippen LogP contribution in [0.4, 0.5) is 11.4 Å². The van der Waals surface area contributed by atoms with Crippen LogP contribution in [-0.4, -0.2) is 33.2 Å². The normalized spacial score (nSPS) is 16.8. The van der Waals surface area contributed by atoms with E-state index >= 15 is 0 Å². The van der Waals surface area contributed by atoms with E-state index in [2.05, 4.69) is 5.32 Å². The van der Waals surface area contributed by atoms with Gasteiger partial charge in [-0.3, -0.25) is 9.10 Å². The Kier molecular flexibility index (Phi) is 4.43. The van der Waals surface area contributed by atoms with Crippen molar-refractivity contribution in [3.05, 3.63) is 53.6 Å². The van der Waals surface area contributed by atoms with Crippen LogP contribution in [0.15, 0.2) is 42.5 Å². The molecule has 0 aliphatic carbocycles. The van der Waals surface area contributed by atoms with E-state index in [1.807, 2.05) is 32.0 Å². The van der Waals surface area contributed by atoms with Gasteiger partial charge >= 0.3 is 0 Å². The lowest BCUT2D eigenvalue weighted by Crippen LogP contribution is -2.48. The molecule has 1 unspecified atom stereocenters. The van der Waals surface area contributed by atoms with E-state index in [0.29, 0.717) is 17.1 Å². The minimum Gasteiger partial charge on any atom is -0.476 e. The Morgan fingerprint density at radius 1 is 1.16 bits per heavy atom. The standard InChI is InChI=1S/C18H20N2O4S/c1-12-7-6-8-14(13(12)2)19-18(21)17-11-20(25(3,22)23)15-9-4-5-10-16(15)24-17/h4-10,17H,11H2,1-3H3,(H,19,21). The lowest BCUT2D eigenvalue weighted by molar-refractivity contribution is -0.122. The highest BCUT2D eigenvalue weighted by Crippen LogP contribution is 2.34. The zero-order valence-corrected chi connectivity index (χ0v) is 15.1. The number of aryl methyl sites for hydroxylation is 1. The van der Waals surface area contributed by atoms with Gasteiger partial charge in [0.15, 0.2) is 6.10 Å². The lowest BCUT2D eigenvalue weighted by Gasteiger charge is -2.33. The minimum atomic E-state index is -3.52. The Labute approximate surface area is 147 Å². The van der Waals surface area contributed by atoms with E-state index in [1.165, 1.54) is 4.31 Å². The number of ether oxygens (including phenoxy) is 1. The van der Waals surface area contributed by atoms with Crippen LogP contribution in [0, 0.1) is 13.8 Å². The van der Waals surface area contributed by atoms with Crippen LogP contribution in [-0.2, 0) is 14.8 Å². The zero-order chi connectivity index (χ0) is 18.2. The van der Waals surface area contributed by atoms with Gasteiger partial charge in [-0.25, -0.2) is 8.42 Å². The third-order valence-corrected chi connectivity index (χ3v) is 5.44. The number of benzene rings is 2. The van der Waals surface area contributed by atoms with Crippen LogP contribution >= 0.6 is 0 Å². The van der Waals surface area contributed by atoms with Crippen LogP contribution in [0.3, 0.4) is 0 Å². The van der Waals surface area contributed by atoms with Crippen LogP contribution < -0.4 is 14.4 Å². The summed E-state index contributed by atoms with van der Waals surface area (Å²) in [5, 5.41) is 2.84. The Balaban J connectivity index is 1.88. The monoisotopic (exact) mass is 360 g/mol. The summed E-state index contributed by atoms with van der Waals surface area (Å²) in [6.07, 6.45) is 0.193. The van der Waals surface area contributed by atoms with E-state index < -0.39 is 16.1 Å². The summed E-state index contributed by atoms with van der Waals surface area (Å²) in [5.41, 5.74) is 3.16. The summed E-state index contributed by atoms with van der Waals surface area (Å²) < 4.78 is 31.2. The molecule has 0 saturated carbocycles. The van der Waals surface area contributed by atoms with E-state index in [9.17, 15) is 13.2 Å². The van der Waals surface area contributed by atoms with Crippen molar-refractivity contribution in [1.82, 2.24) is 0 Å². The fourth-order valence-electron chi connectivity index (χ4n) is 2.75. The van der Waals surface area contributed by atoms with Crippen molar-refractivity contribution in [2.75, 3.05) is 22.4 Å². The van der Waals surface area contributed by atoms with Crippen LogP contribution in [0.1, 0.15) is 11.1 Å². The average molecular weight is 360 g/mol. The third kappa shape index (κ3) is 3.46. The van der Waals surface area contributed by atoms with Crippen molar-refractivity contribution in [2.45, 2.75) is 20.0 Å². The van der Waals surface area contributed by atoms with Gasteiger partial charge in [0.25, 0.3) is 5.91 Å². The van der Waals surface area contributed by atoms with Gasteiger partial charge in [-0.05, 0) is 43.2 Å². The van der Waals surface area contributed by atoms with Gasteiger partial charge in [-0.15, -0.1) is 0 Å². The predicted molar refractivity (Wildman–Crippen MR) is 97.6 cm³/mol. The summed E-state index contributed by atoms with van der Waals surface area (Å²) in [5.74, 6) is -0.00265. The van der Waals surface area contributed by atoms with Crippen molar-refractivity contribution < 1.29 is 17.9 Å². The highest BCUT2D eigenvalue weighted by molar-refractivity contribution is 7.92. The number of para-hydroxylation sites is 2. The SMILES string of the molecule is Cc1cccc(NC(=O)C2CN(S(C)(=O)=O)c3ccccc3O2)c1C. The molecule has 2 aromatic rings. The smallest absolute Gasteiger partial charge is 0.267 e. The van der Waals surface area contributed by atoms with Gasteiger partial charge in [0, 0.05) is 5.69 Å². The van der Waals surface area contributed by atoms with Crippen molar-refractivity contribution >= 4 is 27.3 Å². The number of hydrogen-bond acceptors (Lipinski definition) is 4. The predicted octanol–water partition coefficient (Wildman–Crippen LogP) is 2.47. The molecule has 1 aliphatic heterocycles. The molecule has 25 heavy (non-hydrogen) atoms. The minimum absolute atomic E-state index is 0.0630. The molecule has 0 radical (unpaired) electrons. The highest BCUT2D eigenvalue weighted by Gasteiger charge is 2.34. The highest BCUT2D eigenvalue weighted by atomic mass is 32.2. The molecule has 1 heterocycles. The second-order valence-corrected chi connectivity index (χ2v) is 8.01. The second kappa shape index (κ2) is 6.40. The van der Waals surface area contributed by atoms with E-state index in [1.54, 1.807) is 24.3 Å². The summed E-state index contributed by atoms with van der Waals surface area (Å²) in [4.78, 5) is 12.7. The fourth-order valence-corrected chi connectivity index (χ4v) is 3.67. The van der Waals surface area contributed by atoms with Crippen LogP contribution in [0.2, 0.25) is 0 Å². The molecule has 0 spiro atoms. The van der Waals surface area contributed by atoms with Gasteiger partial charge in [-0.2, -0.15) is 0 Å². The van der Waals surface area contributed by atoms with Gasteiger partial charge < -0.3 is 10.1 Å². The summed E-state index contributed by atoms with van der Waals surface area (Å²) in [6.45, 7) is 3.82. The number of carbonyl (C=O) groups is 1. The average Bonchev–Trinajstić information content (AvgIpc) is 2.57. The van der Waals surface area contributed by atoms with Gasteiger partial charge in [0.1, 0.15) is 5.75 Å². The molecular formula is C18H20N2O4S. The Bertz CT molecular complexity index is 924. The Morgan fingerprint density at radius 2 is 1.88 bits per heavy atom. The Morgan fingerprint density at radius 3 is 2.60 bits per heavy atom. The molecule has 0 saturated heterocycles. The first kappa shape index (κ1) is 17.3. The van der Waals surface area contributed by atoms with Gasteiger partial charge in [0.05, 0.1) is 18.5 Å². The molecule has 1 aliphatic rings. The summed E-state index contributed by atoms with van der Waals surface area (Å²) in [7, 11) is -3.52. The molecule has 7 heteroatoms. The largest absolute Gasteiger partial charge is 0.476 e. The molecule has 1 amide bonds. The topological polar surface area (TPSA) is 75.7 Å². The number of rotatable bonds is 3. The van der Waals surface area contributed by atoms with Crippen molar-refractivity contribution in [2.24, 2.45) is 0 Å². The van der Waals surface area contributed by atoms with Crippen molar-refractivity contribution in [3.63, 3.8) is 0 Å². The maximum atomic E-state index is 12.7.